The van der Waals surface area contributed by atoms with Crippen LogP contribution in [-0.4, -0.2) is 19.3 Å². The largest absolute Gasteiger partial charge is 0.494 e. The lowest BCUT2D eigenvalue weighted by Gasteiger charge is -2.34. The van der Waals surface area contributed by atoms with E-state index >= 15 is 0 Å². The van der Waals surface area contributed by atoms with Crippen molar-refractivity contribution < 1.29 is 18.3 Å². The van der Waals surface area contributed by atoms with Crippen LogP contribution < -0.4 is 10.1 Å². The molecular formula is C19H24NO4P. The maximum atomic E-state index is 13.4. The van der Waals surface area contributed by atoms with Crippen LogP contribution >= 0.6 is 7.60 Å². The third kappa shape index (κ3) is 4.43. The molecule has 1 aliphatic rings. The Morgan fingerprint density at radius 3 is 2.56 bits per heavy atom. The molecule has 1 N–H and O–H groups in total. The second-order valence-corrected chi connectivity index (χ2v) is 8.06. The Labute approximate surface area is 148 Å². The standard InChI is InChI=1S/C19H24NO4P/c1-3-22-18-11-9-16(10-12-18)19(20-17-7-5-4-6-8-17)25(21)23-14-13-15(2)24-25/h4-12,15,19-20H,3,13-14H2,1-2H3. The summed E-state index contributed by atoms with van der Waals surface area (Å²) in [6.45, 7) is 4.90. The van der Waals surface area contributed by atoms with E-state index in [1.54, 1.807) is 0 Å². The van der Waals surface area contributed by atoms with Gasteiger partial charge in [0.05, 0.1) is 19.3 Å². The molecule has 0 amide bonds. The van der Waals surface area contributed by atoms with Crippen molar-refractivity contribution in [3.8, 4) is 5.75 Å². The van der Waals surface area contributed by atoms with Crippen molar-refractivity contribution in [1.29, 1.82) is 0 Å². The Morgan fingerprint density at radius 2 is 1.92 bits per heavy atom. The third-order valence-electron chi connectivity index (χ3n) is 4.02. The summed E-state index contributed by atoms with van der Waals surface area (Å²) < 4.78 is 30.3. The Bertz CT molecular complexity index is 720. The topological polar surface area (TPSA) is 56.8 Å². The number of hydrogen-bond donors (Lipinski definition) is 1. The van der Waals surface area contributed by atoms with Gasteiger partial charge >= 0.3 is 7.60 Å². The zero-order chi connectivity index (χ0) is 17.7. The van der Waals surface area contributed by atoms with Gasteiger partial charge in [-0.25, -0.2) is 0 Å². The van der Waals surface area contributed by atoms with E-state index in [1.165, 1.54) is 0 Å². The van der Waals surface area contributed by atoms with Crippen LogP contribution in [0.25, 0.3) is 0 Å². The Kier molecular flexibility index (Phi) is 5.79. The molecule has 3 atom stereocenters. The van der Waals surface area contributed by atoms with Crippen LogP contribution in [0.5, 0.6) is 5.75 Å². The first-order chi connectivity index (χ1) is 12.1. The minimum Gasteiger partial charge on any atom is -0.494 e. The molecule has 6 heteroatoms. The van der Waals surface area contributed by atoms with Crippen LogP contribution in [0.1, 0.15) is 31.6 Å². The van der Waals surface area contributed by atoms with Crippen molar-refractivity contribution >= 4 is 13.3 Å². The molecule has 25 heavy (non-hydrogen) atoms. The van der Waals surface area contributed by atoms with E-state index in [1.807, 2.05) is 68.4 Å². The SMILES string of the molecule is CCOc1ccc(C(Nc2ccccc2)P2(=O)OCCC(C)O2)cc1. The molecule has 1 heterocycles. The van der Waals surface area contributed by atoms with Gasteiger partial charge < -0.3 is 19.1 Å². The van der Waals surface area contributed by atoms with Crippen molar-refractivity contribution in [2.75, 3.05) is 18.5 Å². The average molecular weight is 361 g/mol. The smallest absolute Gasteiger partial charge is 0.357 e. The van der Waals surface area contributed by atoms with Gasteiger partial charge in [0.2, 0.25) is 0 Å². The first-order valence-corrected chi connectivity index (χ1v) is 10.2. The number of benzene rings is 2. The number of ether oxygens (including phenoxy) is 1. The molecule has 0 saturated carbocycles. The summed E-state index contributed by atoms with van der Waals surface area (Å²) in [5.74, 6) is 0.204. The first-order valence-electron chi connectivity index (χ1n) is 8.58. The zero-order valence-corrected chi connectivity index (χ0v) is 15.4. The first kappa shape index (κ1) is 18.0. The number of nitrogens with one attached hydrogen (secondary N) is 1. The normalized spacial score (nSPS) is 24.5. The number of anilines is 1. The maximum absolute atomic E-state index is 13.4. The molecular weight excluding hydrogens is 337 g/mol. The molecule has 0 spiro atoms. The summed E-state index contributed by atoms with van der Waals surface area (Å²) in [6.07, 6.45) is 0.646. The van der Waals surface area contributed by atoms with Gasteiger partial charge in [-0.2, -0.15) is 0 Å². The molecule has 0 radical (unpaired) electrons. The molecule has 2 aromatic carbocycles. The fourth-order valence-electron chi connectivity index (χ4n) is 2.77. The molecule has 3 unspecified atom stereocenters. The highest BCUT2D eigenvalue weighted by Crippen LogP contribution is 2.63. The lowest BCUT2D eigenvalue weighted by Crippen LogP contribution is -2.23. The Hall–Kier alpha value is -1.81. The molecule has 134 valence electrons. The van der Waals surface area contributed by atoms with Crippen LogP contribution in [0.15, 0.2) is 54.6 Å². The summed E-state index contributed by atoms with van der Waals surface area (Å²) in [5, 5.41) is 3.32. The van der Waals surface area contributed by atoms with Gasteiger partial charge in [0, 0.05) is 5.69 Å². The fraction of sp³-hybridized carbons (Fsp3) is 0.368. The van der Waals surface area contributed by atoms with Gasteiger partial charge in [0.15, 0.2) is 5.78 Å². The monoisotopic (exact) mass is 361 g/mol. The van der Waals surface area contributed by atoms with Gasteiger partial charge in [-0.3, -0.25) is 4.57 Å². The summed E-state index contributed by atoms with van der Waals surface area (Å²) in [6, 6.07) is 17.2. The van der Waals surface area contributed by atoms with E-state index in [4.69, 9.17) is 13.8 Å². The predicted molar refractivity (Wildman–Crippen MR) is 99.1 cm³/mol. The minimum absolute atomic E-state index is 0.0950. The Balaban J connectivity index is 1.92. The highest BCUT2D eigenvalue weighted by molar-refractivity contribution is 7.54. The molecule has 1 fully saturated rings. The quantitative estimate of drug-likeness (QED) is 0.716. The second-order valence-electron chi connectivity index (χ2n) is 5.99. The number of para-hydroxylation sites is 1. The van der Waals surface area contributed by atoms with Crippen molar-refractivity contribution in [3.63, 3.8) is 0 Å². The van der Waals surface area contributed by atoms with Gasteiger partial charge in [0.25, 0.3) is 0 Å². The van der Waals surface area contributed by atoms with E-state index in [2.05, 4.69) is 5.32 Å². The molecule has 3 rings (SSSR count). The number of rotatable bonds is 6. The van der Waals surface area contributed by atoms with Crippen molar-refractivity contribution in [2.45, 2.75) is 32.2 Å². The van der Waals surface area contributed by atoms with Gasteiger partial charge in [-0.05, 0) is 50.1 Å². The van der Waals surface area contributed by atoms with Gasteiger partial charge in [-0.1, -0.05) is 30.3 Å². The van der Waals surface area contributed by atoms with Crippen LogP contribution in [0.4, 0.5) is 5.69 Å². The van der Waals surface area contributed by atoms with Gasteiger partial charge in [0.1, 0.15) is 5.75 Å². The van der Waals surface area contributed by atoms with Crippen molar-refractivity contribution in [2.24, 2.45) is 0 Å². The third-order valence-corrected chi connectivity index (χ3v) is 6.28. The van der Waals surface area contributed by atoms with Crippen molar-refractivity contribution in [3.05, 3.63) is 60.2 Å². The molecule has 1 saturated heterocycles. The van der Waals surface area contributed by atoms with Crippen LogP contribution in [0, 0.1) is 0 Å². The van der Waals surface area contributed by atoms with Crippen molar-refractivity contribution in [1.82, 2.24) is 0 Å². The van der Waals surface area contributed by atoms with E-state index in [0.29, 0.717) is 13.2 Å². The summed E-state index contributed by atoms with van der Waals surface area (Å²) >= 11 is 0. The van der Waals surface area contributed by atoms with Crippen LogP contribution in [0.2, 0.25) is 0 Å². The molecule has 1 aliphatic heterocycles. The molecule has 0 bridgehead atoms. The zero-order valence-electron chi connectivity index (χ0n) is 14.6. The van der Waals surface area contributed by atoms with E-state index < -0.39 is 13.4 Å². The summed E-state index contributed by atoms with van der Waals surface area (Å²) in [4.78, 5) is 0. The molecule has 5 nitrogen and oxygen atoms in total. The number of hydrogen-bond acceptors (Lipinski definition) is 5. The lowest BCUT2D eigenvalue weighted by atomic mass is 10.2. The molecule has 0 aliphatic carbocycles. The van der Waals surface area contributed by atoms with Crippen LogP contribution in [0.3, 0.4) is 0 Å². The Morgan fingerprint density at radius 1 is 1.20 bits per heavy atom. The summed E-state index contributed by atoms with van der Waals surface area (Å²) in [7, 11) is -3.35. The van der Waals surface area contributed by atoms with E-state index in [9.17, 15) is 4.57 Å². The van der Waals surface area contributed by atoms with E-state index in [-0.39, 0.29) is 6.10 Å². The maximum Gasteiger partial charge on any atom is 0.357 e. The van der Waals surface area contributed by atoms with E-state index in [0.717, 1.165) is 23.4 Å². The lowest BCUT2D eigenvalue weighted by molar-refractivity contribution is 0.0887. The highest BCUT2D eigenvalue weighted by Gasteiger charge is 2.41. The second kappa shape index (κ2) is 8.05. The molecule has 2 aromatic rings. The predicted octanol–water partition coefficient (Wildman–Crippen LogP) is 5.21. The fourth-order valence-corrected chi connectivity index (χ4v) is 4.91. The minimum atomic E-state index is -3.35. The summed E-state index contributed by atoms with van der Waals surface area (Å²) in [5.41, 5.74) is 1.70. The van der Waals surface area contributed by atoms with Crippen LogP contribution in [-0.2, 0) is 13.6 Å². The van der Waals surface area contributed by atoms with Gasteiger partial charge in [-0.15, -0.1) is 0 Å². The molecule has 0 aromatic heterocycles. The highest BCUT2D eigenvalue weighted by atomic mass is 31.2. The average Bonchev–Trinajstić information content (AvgIpc) is 2.61.